The van der Waals surface area contributed by atoms with E-state index in [9.17, 15) is 14.0 Å². The first-order valence-electron chi connectivity index (χ1n) is 10.9. The molecule has 174 valence electrons. The molecular formula is C27H27FN4O2. The molecule has 0 heterocycles. The van der Waals surface area contributed by atoms with E-state index in [0.717, 1.165) is 5.56 Å². The van der Waals surface area contributed by atoms with Crippen LogP contribution in [-0.2, 0) is 6.54 Å². The van der Waals surface area contributed by atoms with Gasteiger partial charge in [0.25, 0.3) is 11.8 Å². The van der Waals surface area contributed by atoms with Gasteiger partial charge in [-0.2, -0.15) is 5.26 Å². The fourth-order valence-electron chi connectivity index (χ4n) is 3.45. The van der Waals surface area contributed by atoms with Crippen LogP contribution in [0.4, 0.5) is 10.1 Å². The third-order valence-corrected chi connectivity index (χ3v) is 5.36. The van der Waals surface area contributed by atoms with Crippen molar-refractivity contribution < 1.29 is 14.0 Å². The lowest BCUT2D eigenvalue weighted by Crippen LogP contribution is -2.41. The Labute approximate surface area is 198 Å². The maximum absolute atomic E-state index is 13.7. The van der Waals surface area contributed by atoms with E-state index in [1.807, 2.05) is 26.0 Å². The smallest absolute Gasteiger partial charge is 0.255 e. The molecule has 3 rings (SSSR count). The lowest BCUT2D eigenvalue weighted by molar-refractivity contribution is 0.0672. The van der Waals surface area contributed by atoms with E-state index in [4.69, 9.17) is 11.0 Å². The molecule has 7 heteroatoms. The van der Waals surface area contributed by atoms with Crippen LogP contribution < -0.4 is 11.1 Å². The summed E-state index contributed by atoms with van der Waals surface area (Å²) in [4.78, 5) is 27.5. The van der Waals surface area contributed by atoms with E-state index in [0.29, 0.717) is 29.9 Å². The topological polar surface area (TPSA) is 99.2 Å². The van der Waals surface area contributed by atoms with Gasteiger partial charge in [0, 0.05) is 29.9 Å². The van der Waals surface area contributed by atoms with Crippen molar-refractivity contribution in [2.24, 2.45) is 11.1 Å². The molecule has 0 radical (unpaired) electrons. The molecule has 34 heavy (non-hydrogen) atoms. The second-order valence-corrected chi connectivity index (χ2v) is 8.88. The van der Waals surface area contributed by atoms with Crippen LogP contribution in [0.15, 0.2) is 72.8 Å². The number of carbonyl (C=O) groups excluding carboxylic acids is 2. The van der Waals surface area contributed by atoms with E-state index < -0.39 is 5.82 Å². The largest absolute Gasteiger partial charge is 0.334 e. The number of nitrogens with zero attached hydrogens (tertiary/aromatic N) is 2. The summed E-state index contributed by atoms with van der Waals surface area (Å²) in [6.07, 6.45) is 0. The molecule has 0 aliphatic carbocycles. The SMILES string of the molecule is CC(C)(CN)CN(Cc1cccc(NC(=O)c2ccc(C#N)cc2)c1)C(=O)c1cccc(F)c1. The number of hydrogen-bond acceptors (Lipinski definition) is 4. The fourth-order valence-corrected chi connectivity index (χ4v) is 3.45. The molecule has 3 aromatic carbocycles. The van der Waals surface area contributed by atoms with Gasteiger partial charge in [-0.25, -0.2) is 4.39 Å². The quantitative estimate of drug-likeness (QED) is 0.516. The van der Waals surface area contributed by atoms with Crippen molar-refractivity contribution in [3.8, 4) is 6.07 Å². The molecule has 0 fully saturated rings. The number of amides is 2. The molecule has 3 aromatic rings. The van der Waals surface area contributed by atoms with E-state index >= 15 is 0 Å². The van der Waals surface area contributed by atoms with Crippen molar-refractivity contribution in [1.82, 2.24) is 4.90 Å². The standard InChI is InChI=1S/C27H27FN4O2/c1-27(2,17-30)18-32(26(34)22-6-4-7-23(28)14-22)16-20-5-3-8-24(13-20)31-25(33)21-11-9-19(15-29)10-12-21/h3-14H,16-18,30H2,1-2H3,(H,31,33). The Balaban J connectivity index is 1.80. The molecule has 0 aliphatic rings. The number of rotatable bonds is 8. The van der Waals surface area contributed by atoms with Gasteiger partial charge in [-0.3, -0.25) is 9.59 Å². The molecular weight excluding hydrogens is 431 g/mol. The highest BCUT2D eigenvalue weighted by atomic mass is 19.1. The first-order chi connectivity index (χ1) is 16.2. The number of halogens is 1. The van der Waals surface area contributed by atoms with Gasteiger partial charge in [-0.05, 0) is 72.1 Å². The van der Waals surface area contributed by atoms with Crippen LogP contribution in [0.25, 0.3) is 0 Å². The minimum Gasteiger partial charge on any atom is -0.334 e. The summed E-state index contributed by atoms with van der Waals surface area (Å²) in [5.41, 5.74) is 8.09. The van der Waals surface area contributed by atoms with Crippen LogP contribution in [0.3, 0.4) is 0 Å². The number of hydrogen-bond donors (Lipinski definition) is 2. The van der Waals surface area contributed by atoms with Gasteiger partial charge in [-0.15, -0.1) is 0 Å². The maximum Gasteiger partial charge on any atom is 0.255 e. The Morgan fingerprint density at radius 2 is 1.74 bits per heavy atom. The second kappa shape index (κ2) is 10.7. The number of nitriles is 1. The number of benzene rings is 3. The molecule has 0 saturated heterocycles. The number of nitrogens with two attached hydrogens (primary N) is 1. The molecule has 6 nitrogen and oxygen atoms in total. The zero-order valence-electron chi connectivity index (χ0n) is 19.2. The summed E-state index contributed by atoms with van der Waals surface area (Å²) in [5.74, 6) is -1.08. The summed E-state index contributed by atoms with van der Waals surface area (Å²) in [6, 6.07) is 21.2. The van der Waals surface area contributed by atoms with E-state index in [1.165, 1.54) is 18.2 Å². The number of carbonyl (C=O) groups is 2. The number of anilines is 1. The Hall–Kier alpha value is -4.02. The van der Waals surface area contributed by atoms with Gasteiger partial charge in [0.15, 0.2) is 0 Å². The summed E-state index contributed by atoms with van der Waals surface area (Å²) in [7, 11) is 0. The highest BCUT2D eigenvalue weighted by Crippen LogP contribution is 2.21. The van der Waals surface area contributed by atoms with Gasteiger partial charge < -0.3 is 16.0 Å². The van der Waals surface area contributed by atoms with Crippen molar-refractivity contribution in [2.45, 2.75) is 20.4 Å². The zero-order valence-corrected chi connectivity index (χ0v) is 19.2. The molecule has 0 aliphatic heterocycles. The summed E-state index contributed by atoms with van der Waals surface area (Å²) in [6.45, 7) is 4.95. The fraction of sp³-hybridized carbons (Fsp3) is 0.222. The average Bonchev–Trinajstić information content (AvgIpc) is 2.83. The molecule has 0 bridgehead atoms. The molecule has 0 atom stereocenters. The summed E-state index contributed by atoms with van der Waals surface area (Å²) < 4.78 is 13.7. The van der Waals surface area contributed by atoms with Gasteiger partial charge in [-0.1, -0.05) is 32.0 Å². The van der Waals surface area contributed by atoms with Crippen molar-refractivity contribution >= 4 is 17.5 Å². The first-order valence-corrected chi connectivity index (χ1v) is 10.9. The van der Waals surface area contributed by atoms with E-state index in [2.05, 4.69) is 5.32 Å². The number of nitrogens with one attached hydrogen (secondary N) is 1. The highest BCUT2D eigenvalue weighted by molar-refractivity contribution is 6.04. The molecule has 0 saturated carbocycles. The molecule has 0 spiro atoms. The van der Waals surface area contributed by atoms with Crippen LogP contribution in [-0.4, -0.2) is 29.8 Å². The maximum atomic E-state index is 13.7. The molecule has 0 aromatic heterocycles. The Morgan fingerprint density at radius 1 is 1.03 bits per heavy atom. The predicted molar refractivity (Wildman–Crippen MR) is 130 cm³/mol. The third kappa shape index (κ3) is 6.50. The predicted octanol–water partition coefficient (Wildman–Crippen LogP) is 4.58. The Kier molecular flexibility index (Phi) is 7.77. The minimum absolute atomic E-state index is 0.262. The van der Waals surface area contributed by atoms with Gasteiger partial charge in [0.05, 0.1) is 11.6 Å². The van der Waals surface area contributed by atoms with E-state index in [1.54, 1.807) is 53.4 Å². The lowest BCUT2D eigenvalue weighted by atomic mass is 9.92. The van der Waals surface area contributed by atoms with Gasteiger partial charge >= 0.3 is 0 Å². The monoisotopic (exact) mass is 458 g/mol. The minimum atomic E-state index is -0.476. The molecule has 2 amide bonds. The molecule has 0 unspecified atom stereocenters. The highest BCUT2D eigenvalue weighted by Gasteiger charge is 2.25. The average molecular weight is 459 g/mol. The van der Waals surface area contributed by atoms with Crippen molar-refractivity contribution in [1.29, 1.82) is 5.26 Å². The lowest BCUT2D eigenvalue weighted by Gasteiger charge is -2.32. The normalized spacial score (nSPS) is 10.9. The van der Waals surface area contributed by atoms with E-state index in [-0.39, 0.29) is 29.3 Å². The summed E-state index contributed by atoms with van der Waals surface area (Å²) in [5, 5.41) is 11.8. The van der Waals surface area contributed by atoms with Crippen molar-refractivity contribution in [3.63, 3.8) is 0 Å². The second-order valence-electron chi connectivity index (χ2n) is 8.88. The van der Waals surface area contributed by atoms with Crippen LogP contribution >= 0.6 is 0 Å². The molecule has 3 N–H and O–H groups in total. The Bertz CT molecular complexity index is 1220. The summed E-state index contributed by atoms with van der Waals surface area (Å²) >= 11 is 0. The van der Waals surface area contributed by atoms with Crippen LogP contribution in [0.5, 0.6) is 0 Å². The van der Waals surface area contributed by atoms with Crippen LogP contribution in [0.1, 0.15) is 45.7 Å². The zero-order chi connectivity index (χ0) is 24.7. The van der Waals surface area contributed by atoms with Gasteiger partial charge in [0.2, 0.25) is 0 Å². The van der Waals surface area contributed by atoms with Crippen molar-refractivity contribution in [3.05, 3.63) is 101 Å². The van der Waals surface area contributed by atoms with Crippen LogP contribution in [0.2, 0.25) is 0 Å². The third-order valence-electron chi connectivity index (χ3n) is 5.36. The Morgan fingerprint density at radius 3 is 2.38 bits per heavy atom. The van der Waals surface area contributed by atoms with Crippen LogP contribution in [0, 0.1) is 22.6 Å². The van der Waals surface area contributed by atoms with Gasteiger partial charge in [0.1, 0.15) is 5.82 Å². The first kappa shape index (κ1) is 24.6. The van der Waals surface area contributed by atoms with Crippen molar-refractivity contribution in [2.75, 3.05) is 18.4 Å².